The predicted octanol–water partition coefficient (Wildman–Crippen LogP) is 3.23. The van der Waals surface area contributed by atoms with E-state index in [0.717, 1.165) is 43.3 Å². The summed E-state index contributed by atoms with van der Waals surface area (Å²) in [4.78, 5) is 21.7. The molecule has 1 aliphatic rings. The van der Waals surface area contributed by atoms with Crippen molar-refractivity contribution in [3.8, 4) is 0 Å². The number of fused-ring (bicyclic) bond motifs is 1. The summed E-state index contributed by atoms with van der Waals surface area (Å²) in [6.45, 7) is 5.14. The van der Waals surface area contributed by atoms with Gasteiger partial charge in [0.15, 0.2) is 0 Å². The van der Waals surface area contributed by atoms with Gasteiger partial charge in [-0.3, -0.25) is 4.79 Å². The van der Waals surface area contributed by atoms with Crippen molar-refractivity contribution in [3.63, 3.8) is 0 Å². The van der Waals surface area contributed by atoms with Gasteiger partial charge in [-0.2, -0.15) is 0 Å². The van der Waals surface area contributed by atoms with Gasteiger partial charge in [0, 0.05) is 24.7 Å². The number of hydrogen-bond donors (Lipinski definition) is 2. The summed E-state index contributed by atoms with van der Waals surface area (Å²) < 4.78 is 0. The number of nitrogens with zero attached hydrogens (tertiary/aromatic N) is 2. The molecular weight excluding hydrogens is 314 g/mol. The SMILES string of the molecule is CC(C)(O)CC1CCN(C(=O)c2cc3cnc(Cl)cc3[nH]2)CC1. The van der Waals surface area contributed by atoms with Gasteiger partial charge in [-0.05, 0) is 51.2 Å². The number of hydrogen-bond acceptors (Lipinski definition) is 3. The first-order valence-corrected chi connectivity index (χ1v) is 8.35. The zero-order chi connectivity index (χ0) is 16.6. The van der Waals surface area contributed by atoms with Gasteiger partial charge in [0.25, 0.3) is 5.91 Å². The van der Waals surface area contributed by atoms with E-state index < -0.39 is 5.60 Å². The van der Waals surface area contributed by atoms with Crippen LogP contribution in [0.2, 0.25) is 5.15 Å². The summed E-state index contributed by atoms with van der Waals surface area (Å²) >= 11 is 5.88. The van der Waals surface area contributed by atoms with Gasteiger partial charge >= 0.3 is 0 Å². The Hall–Kier alpha value is -1.59. The van der Waals surface area contributed by atoms with Crippen LogP contribution >= 0.6 is 11.6 Å². The van der Waals surface area contributed by atoms with E-state index in [0.29, 0.717) is 16.8 Å². The lowest BCUT2D eigenvalue weighted by molar-refractivity contribution is 0.0357. The molecule has 1 amide bonds. The molecule has 2 N–H and O–H groups in total. The molecule has 0 atom stereocenters. The first-order chi connectivity index (χ1) is 10.8. The van der Waals surface area contributed by atoms with Crippen LogP contribution in [0.3, 0.4) is 0 Å². The largest absolute Gasteiger partial charge is 0.390 e. The molecule has 0 aliphatic carbocycles. The average molecular weight is 336 g/mol. The Bertz CT molecular complexity index is 712. The molecule has 1 aliphatic heterocycles. The van der Waals surface area contributed by atoms with Crippen molar-refractivity contribution in [2.75, 3.05) is 13.1 Å². The molecule has 0 saturated carbocycles. The van der Waals surface area contributed by atoms with Gasteiger partial charge in [0.05, 0.1) is 11.1 Å². The molecule has 1 saturated heterocycles. The molecule has 124 valence electrons. The number of carbonyl (C=O) groups excluding carboxylic acids is 1. The number of aromatic nitrogens is 2. The normalized spacial score (nSPS) is 17.0. The quantitative estimate of drug-likeness (QED) is 0.846. The van der Waals surface area contributed by atoms with Gasteiger partial charge in [-0.1, -0.05) is 11.6 Å². The van der Waals surface area contributed by atoms with E-state index in [9.17, 15) is 9.90 Å². The third-order valence-corrected chi connectivity index (χ3v) is 4.60. The minimum atomic E-state index is -0.639. The summed E-state index contributed by atoms with van der Waals surface area (Å²) in [5.74, 6) is 0.490. The average Bonchev–Trinajstić information content (AvgIpc) is 2.88. The second-order valence-corrected chi connectivity index (χ2v) is 7.42. The van der Waals surface area contributed by atoms with Crippen LogP contribution in [0.1, 0.15) is 43.6 Å². The van der Waals surface area contributed by atoms with Gasteiger partial charge in [0.2, 0.25) is 0 Å². The minimum Gasteiger partial charge on any atom is -0.390 e. The molecule has 2 aromatic heterocycles. The van der Waals surface area contributed by atoms with Gasteiger partial charge in [-0.25, -0.2) is 4.98 Å². The highest BCUT2D eigenvalue weighted by molar-refractivity contribution is 6.30. The molecule has 0 radical (unpaired) electrons. The number of nitrogens with one attached hydrogen (secondary N) is 1. The third-order valence-electron chi connectivity index (χ3n) is 4.39. The molecule has 2 aromatic rings. The standard InChI is InChI=1S/C17H22ClN3O2/c1-17(2,23)9-11-3-5-21(6-4-11)16(22)14-7-12-10-19-15(18)8-13(12)20-14/h7-8,10-11,20,23H,3-6,9H2,1-2H3. The second-order valence-electron chi connectivity index (χ2n) is 7.03. The van der Waals surface area contributed by atoms with Crippen LogP contribution in [0.25, 0.3) is 10.9 Å². The second kappa shape index (κ2) is 6.13. The van der Waals surface area contributed by atoms with Crippen molar-refractivity contribution in [2.24, 2.45) is 5.92 Å². The van der Waals surface area contributed by atoms with E-state index in [-0.39, 0.29) is 5.91 Å². The van der Waals surface area contributed by atoms with E-state index in [1.807, 2.05) is 24.8 Å². The zero-order valence-electron chi connectivity index (χ0n) is 13.5. The number of aromatic amines is 1. The molecule has 0 bridgehead atoms. The Morgan fingerprint density at radius 3 is 2.78 bits per heavy atom. The molecule has 0 spiro atoms. The van der Waals surface area contributed by atoms with E-state index in [2.05, 4.69) is 9.97 Å². The molecule has 0 aromatic carbocycles. The Morgan fingerprint density at radius 2 is 2.13 bits per heavy atom. The van der Waals surface area contributed by atoms with Crippen LogP contribution in [-0.2, 0) is 0 Å². The maximum absolute atomic E-state index is 12.6. The Morgan fingerprint density at radius 1 is 1.43 bits per heavy atom. The van der Waals surface area contributed by atoms with Crippen LogP contribution in [0.5, 0.6) is 0 Å². The van der Waals surface area contributed by atoms with E-state index in [1.54, 1.807) is 12.3 Å². The number of halogens is 1. The zero-order valence-corrected chi connectivity index (χ0v) is 14.2. The fourth-order valence-corrected chi connectivity index (χ4v) is 3.49. The molecule has 6 heteroatoms. The number of aliphatic hydroxyl groups is 1. The summed E-state index contributed by atoms with van der Waals surface area (Å²) in [6.07, 6.45) is 4.32. The fraction of sp³-hybridized carbons (Fsp3) is 0.529. The summed E-state index contributed by atoms with van der Waals surface area (Å²) in [7, 11) is 0. The number of amides is 1. The molecule has 3 rings (SSSR count). The predicted molar refractivity (Wildman–Crippen MR) is 90.6 cm³/mol. The first-order valence-electron chi connectivity index (χ1n) is 7.98. The monoisotopic (exact) mass is 335 g/mol. The lowest BCUT2D eigenvalue weighted by Gasteiger charge is -2.34. The van der Waals surface area contributed by atoms with Gasteiger partial charge < -0.3 is 15.0 Å². The van der Waals surface area contributed by atoms with Crippen LogP contribution in [0.15, 0.2) is 18.3 Å². The summed E-state index contributed by atoms with van der Waals surface area (Å²) in [6, 6.07) is 3.55. The number of rotatable bonds is 3. The number of carbonyl (C=O) groups is 1. The smallest absolute Gasteiger partial charge is 0.270 e. The van der Waals surface area contributed by atoms with Crippen molar-refractivity contribution in [1.29, 1.82) is 0 Å². The van der Waals surface area contributed by atoms with Crippen molar-refractivity contribution in [2.45, 2.75) is 38.7 Å². The topological polar surface area (TPSA) is 69.2 Å². The highest BCUT2D eigenvalue weighted by Crippen LogP contribution is 2.27. The van der Waals surface area contributed by atoms with Gasteiger partial charge in [-0.15, -0.1) is 0 Å². The fourth-order valence-electron chi connectivity index (χ4n) is 3.33. The van der Waals surface area contributed by atoms with Crippen molar-refractivity contribution >= 4 is 28.4 Å². The molecule has 23 heavy (non-hydrogen) atoms. The number of pyridine rings is 1. The van der Waals surface area contributed by atoms with Crippen molar-refractivity contribution < 1.29 is 9.90 Å². The molecule has 0 unspecified atom stereocenters. The Balaban J connectivity index is 1.66. The number of H-pyrrole nitrogens is 1. The maximum Gasteiger partial charge on any atom is 0.270 e. The maximum atomic E-state index is 12.6. The first kappa shape index (κ1) is 16.3. The molecular formula is C17H22ClN3O2. The highest BCUT2D eigenvalue weighted by Gasteiger charge is 2.27. The van der Waals surface area contributed by atoms with E-state index in [4.69, 9.17) is 11.6 Å². The lowest BCUT2D eigenvalue weighted by Crippen LogP contribution is -2.40. The van der Waals surface area contributed by atoms with Crippen LogP contribution in [0.4, 0.5) is 0 Å². The van der Waals surface area contributed by atoms with E-state index >= 15 is 0 Å². The minimum absolute atomic E-state index is 0.0130. The number of piperidine rings is 1. The highest BCUT2D eigenvalue weighted by atomic mass is 35.5. The molecule has 5 nitrogen and oxygen atoms in total. The third kappa shape index (κ3) is 3.85. The Labute approximate surface area is 140 Å². The van der Waals surface area contributed by atoms with Crippen LogP contribution < -0.4 is 0 Å². The molecule has 1 fully saturated rings. The lowest BCUT2D eigenvalue weighted by atomic mass is 9.86. The summed E-state index contributed by atoms with van der Waals surface area (Å²) in [5, 5.41) is 11.2. The Kier molecular flexibility index (Phi) is 4.34. The van der Waals surface area contributed by atoms with E-state index in [1.165, 1.54) is 0 Å². The van der Waals surface area contributed by atoms with Crippen molar-refractivity contribution in [3.05, 3.63) is 29.2 Å². The van der Waals surface area contributed by atoms with Crippen LogP contribution in [-0.4, -0.2) is 44.6 Å². The van der Waals surface area contributed by atoms with Crippen molar-refractivity contribution in [1.82, 2.24) is 14.9 Å². The summed E-state index contributed by atoms with van der Waals surface area (Å²) in [5.41, 5.74) is 0.760. The molecule has 3 heterocycles. The van der Waals surface area contributed by atoms with Crippen LogP contribution in [0, 0.1) is 5.92 Å². The van der Waals surface area contributed by atoms with Gasteiger partial charge in [0.1, 0.15) is 10.8 Å². The number of likely N-dealkylation sites (tertiary alicyclic amines) is 1.